The zero-order chi connectivity index (χ0) is 17.9. The van der Waals surface area contributed by atoms with Gasteiger partial charge in [-0.15, -0.1) is 0 Å². The van der Waals surface area contributed by atoms with Gasteiger partial charge in [-0.05, 0) is 44.2 Å². The molecule has 0 saturated heterocycles. The molecular weight excluding hydrogens is 324 g/mol. The van der Waals surface area contributed by atoms with Crippen molar-refractivity contribution in [1.29, 1.82) is 0 Å². The van der Waals surface area contributed by atoms with Crippen LogP contribution in [-0.2, 0) is 6.54 Å². The second kappa shape index (κ2) is 6.92. The minimum Gasteiger partial charge on any atom is -0.360 e. The first-order valence-electron chi connectivity index (χ1n) is 8.61. The van der Waals surface area contributed by atoms with E-state index in [1.54, 1.807) is 6.20 Å². The van der Waals surface area contributed by atoms with Crippen molar-refractivity contribution in [2.75, 3.05) is 5.32 Å². The fourth-order valence-corrected chi connectivity index (χ4v) is 3.03. The van der Waals surface area contributed by atoms with Gasteiger partial charge in [-0.25, -0.2) is 9.97 Å². The van der Waals surface area contributed by atoms with E-state index < -0.39 is 0 Å². The lowest BCUT2D eigenvalue weighted by Crippen LogP contribution is -2.12. The molecule has 26 heavy (non-hydrogen) atoms. The molecule has 0 spiro atoms. The van der Waals surface area contributed by atoms with Gasteiger partial charge in [0.2, 0.25) is 0 Å². The number of pyridine rings is 2. The predicted molar refractivity (Wildman–Crippen MR) is 102 cm³/mol. The van der Waals surface area contributed by atoms with Crippen molar-refractivity contribution in [3.8, 4) is 0 Å². The van der Waals surface area contributed by atoms with E-state index in [-0.39, 0.29) is 6.04 Å². The van der Waals surface area contributed by atoms with Gasteiger partial charge in [0.05, 0.1) is 29.5 Å². The summed E-state index contributed by atoms with van der Waals surface area (Å²) in [6.45, 7) is 4.66. The minimum atomic E-state index is 0.0342. The van der Waals surface area contributed by atoms with E-state index in [9.17, 15) is 0 Å². The molecule has 4 rings (SSSR count). The smallest absolute Gasteiger partial charge is 0.154 e. The Labute approximate surface area is 152 Å². The Morgan fingerprint density at radius 3 is 2.54 bits per heavy atom. The first-order chi connectivity index (χ1) is 12.7. The van der Waals surface area contributed by atoms with Crippen LogP contribution in [0.25, 0.3) is 11.0 Å². The van der Waals surface area contributed by atoms with Gasteiger partial charge >= 0.3 is 0 Å². The highest BCUT2D eigenvalue weighted by Crippen LogP contribution is 2.25. The van der Waals surface area contributed by atoms with Crippen LogP contribution in [0.4, 0.5) is 5.82 Å². The molecule has 6 heteroatoms. The minimum absolute atomic E-state index is 0.0342. The SMILES string of the molecule is Cc1nc(N[C@@H](C)c2ccccn2)c2c(ccn2Cc2ccccn2)n1. The predicted octanol–water partition coefficient (Wildman–Crippen LogP) is 3.75. The normalized spacial score (nSPS) is 12.2. The molecule has 4 heterocycles. The van der Waals surface area contributed by atoms with Crippen molar-refractivity contribution in [3.05, 3.63) is 78.3 Å². The van der Waals surface area contributed by atoms with Crippen LogP contribution in [0.5, 0.6) is 0 Å². The molecule has 0 aromatic carbocycles. The second-order valence-electron chi connectivity index (χ2n) is 6.24. The van der Waals surface area contributed by atoms with Crippen LogP contribution >= 0.6 is 0 Å². The van der Waals surface area contributed by atoms with E-state index in [0.717, 1.165) is 34.1 Å². The van der Waals surface area contributed by atoms with E-state index in [0.29, 0.717) is 6.54 Å². The van der Waals surface area contributed by atoms with Crippen LogP contribution in [-0.4, -0.2) is 24.5 Å². The molecule has 1 N–H and O–H groups in total. The second-order valence-corrected chi connectivity index (χ2v) is 6.24. The number of anilines is 1. The van der Waals surface area contributed by atoms with Crippen LogP contribution in [0.15, 0.2) is 61.1 Å². The quantitative estimate of drug-likeness (QED) is 0.597. The number of hydrogen-bond donors (Lipinski definition) is 1. The summed E-state index contributed by atoms with van der Waals surface area (Å²) in [5, 5.41) is 3.50. The molecule has 0 bridgehead atoms. The Morgan fingerprint density at radius 1 is 1.00 bits per heavy atom. The third-order valence-electron chi connectivity index (χ3n) is 4.27. The van der Waals surface area contributed by atoms with E-state index in [1.165, 1.54) is 0 Å². The number of nitrogens with one attached hydrogen (secondary N) is 1. The third-order valence-corrected chi connectivity index (χ3v) is 4.27. The highest BCUT2D eigenvalue weighted by Gasteiger charge is 2.15. The van der Waals surface area contributed by atoms with E-state index in [2.05, 4.69) is 36.7 Å². The van der Waals surface area contributed by atoms with Crippen LogP contribution in [0.1, 0.15) is 30.2 Å². The standard InChI is InChI=1S/C20H20N6/c1-14(17-8-4-6-11-22-17)23-20-19-18(24-15(2)25-20)9-12-26(19)13-16-7-3-5-10-21-16/h3-12,14H,13H2,1-2H3,(H,23,24,25)/t14-/m0/s1. The van der Waals surface area contributed by atoms with Crippen LogP contribution in [0.3, 0.4) is 0 Å². The third kappa shape index (κ3) is 3.26. The van der Waals surface area contributed by atoms with E-state index in [4.69, 9.17) is 0 Å². The molecule has 0 radical (unpaired) electrons. The van der Waals surface area contributed by atoms with E-state index in [1.807, 2.05) is 61.8 Å². The number of aryl methyl sites for hydroxylation is 1. The molecule has 0 aliphatic carbocycles. The van der Waals surface area contributed by atoms with Crippen molar-refractivity contribution >= 4 is 16.9 Å². The number of aromatic nitrogens is 5. The lowest BCUT2D eigenvalue weighted by atomic mass is 10.2. The van der Waals surface area contributed by atoms with Crippen molar-refractivity contribution in [3.63, 3.8) is 0 Å². The van der Waals surface area contributed by atoms with Gasteiger partial charge < -0.3 is 9.88 Å². The zero-order valence-corrected chi connectivity index (χ0v) is 14.8. The molecule has 0 unspecified atom stereocenters. The summed E-state index contributed by atoms with van der Waals surface area (Å²) in [4.78, 5) is 18.1. The largest absolute Gasteiger partial charge is 0.360 e. The van der Waals surface area contributed by atoms with Gasteiger partial charge in [0, 0.05) is 18.6 Å². The van der Waals surface area contributed by atoms with Crippen molar-refractivity contribution in [2.45, 2.75) is 26.4 Å². The Hall–Kier alpha value is -3.28. The fraction of sp³-hybridized carbons (Fsp3) is 0.200. The molecule has 0 amide bonds. The highest BCUT2D eigenvalue weighted by molar-refractivity contribution is 5.86. The molecule has 130 valence electrons. The first-order valence-corrected chi connectivity index (χ1v) is 8.61. The van der Waals surface area contributed by atoms with Gasteiger partial charge in [0.15, 0.2) is 5.82 Å². The molecular formula is C20H20N6. The molecule has 0 saturated carbocycles. The summed E-state index contributed by atoms with van der Waals surface area (Å²) in [5.74, 6) is 1.55. The van der Waals surface area contributed by atoms with Gasteiger partial charge in [0.1, 0.15) is 11.3 Å². The maximum absolute atomic E-state index is 4.65. The van der Waals surface area contributed by atoms with Crippen molar-refractivity contribution < 1.29 is 0 Å². The highest BCUT2D eigenvalue weighted by atomic mass is 15.1. The molecule has 0 fully saturated rings. The molecule has 4 aromatic heterocycles. The summed E-state index contributed by atoms with van der Waals surface area (Å²) < 4.78 is 2.13. The Morgan fingerprint density at radius 2 is 1.81 bits per heavy atom. The van der Waals surface area contributed by atoms with Crippen LogP contribution in [0.2, 0.25) is 0 Å². The summed E-state index contributed by atoms with van der Waals surface area (Å²) in [7, 11) is 0. The Balaban J connectivity index is 1.72. The molecule has 0 aliphatic rings. The number of nitrogens with zero attached hydrogens (tertiary/aromatic N) is 5. The lowest BCUT2D eigenvalue weighted by molar-refractivity contribution is 0.795. The monoisotopic (exact) mass is 344 g/mol. The van der Waals surface area contributed by atoms with Crippen LogP contribution in [0, 0.1) is 6.92 Å². The molecule has 6 nitrogen and oxygen atoms in total. The molecule has 0 aliphatic heterocycles. The average molecular weight is 344 g/mol. The van der Waals surface area contributed by atoms with Crippen LogP contribution < -0.4 is 5.32 Å². The van der Waals surface area contributed by atoms with Gasteiger partial charge in [-0.3, -0.25) is 9.97 Å². The fourth-order valence-electron chi connectivity index (χ4n) is 3.03. The maximum atomic E-state index is 4.65. The number of fused-ring (bicyclic) bond motifs is 1. The summed E-state index contributed by atoms with van der Waals surface area (Å²) in [5.41, 5.74) is 3.86. The maximum Gasteiger partial charge on any atom is 0.154 e. The number of rotatable bonds is 5. The zero-order valence-electron chi connectivity index (χ0n) is 14.8. The average Bonchev–Trinajstić information content (AvgIpc) is 3.06. The van der Waals surface area contributed by atoms with E-state index >= 15 is 0 Å². The first kappa shape index (κ1) is 16.2. The van der Waals surface area contributed by atoms with Gasteiger partial charge in [-0.1, -0.05) is 12.1 Å². The Kier molecular flexibility index (Phi) is 4.31. The molecule has 1 atom stereocenters. The molecule has 4 aromatic rings. The lowest BCUT2D eigenvalue weighted by Gasteiger charge is -2.16. The summed E-state index contributed by atoms with van der Waals surface area (Å²) >= 11 is 0. The summed E-state index contributed by atoms with van der Waals surface area (Å²) in [6, 6.07) is 13.9. The topological polar surface area (TPSA) is 68.5 Å². The Bertz CT molecular complexity index is 1010. The van der Waals surface area contributed by atoms with Crippen molar-refractivity contribution in [2.24, 2.45) is 0 Å². The number of hydrogen-bond acceptors (Lipinski definition) is 5. The summed E-state index contributed by atoms with van der Waals surface area (Å²) in [6.07, 6.45) is 5.64. The van der Waals surface area contributed by atoms with Gasteiger partial charge in [-0.2, -0.15) is 0 Å². The van der Waals surface area contributed by atoms with Gasteiger partial charge in [0.25, 0.3) is 0 Å². The van der Waals surface area contributed by atoms with Crippen molar-refractivity contribution in [1.82, 2.24) is 24.5 Å².